The van der Waals surface area contributed by atoms with Gasteiger partial charge in [0.1, 0.15) is 0 Å². The Balaban J connectivity index is 1.58. The maximum atomic E-state index is 12.7. The van der Waals surface area contributed by atoms with Gasteiger partial charge in [-0.25, -0.2) is 0 Å². The summed E-state index contributed by atoms with van der Waals surface area (Å²) in [5, 5.41) is 0. The fourth-order valence-electron chi connectivity index (χ4n) is 5.03. The number of fused-ring (bicyclic) bond motifs is 1. The first-order chi connectivity index (χ1) is 13.6. The maximum absolute atomic E-state index is 12.7. The van der Waals surface area contributed by atoms with Gasteiger partial charge in [-0.05, 0) is 54.7 Å². The largest absolute Gasteiger partial charge is 0.416 e. The van der Waals surface area contributed by atoms with Crippen LogP contribution >= 0.6 is 0 Å². The molecule has 4 nitrogen and oxygen atoms in total. The summed E-state index contributed by atoms with van der Waals surface area (Å²) in [4.78, 5) is 16.9. The molecule has 1 aliphatic heterocycles. The van der Waals surface area contributed by atoms with Crippen LogP contribution in [-0.2, 0) is 17.5 Å². The van der Waals surface area contributed by atoms with E-state index in [4.69, 9.17) is 5.73 Å². The Morgan fingerprint density at radius 1 is 1.21 bits per heavy atom. The molecule has 1 aliphatic carbocycles. The van der Waals surface area contributed by atoms with Gasteiger partial charge in [-0.1, -0.05) is 26.0 Å². The molecule has 162 valence electrons. The van der Waals surface area contributed by atoms with Gasteiger partial charge in [0.15, 0.2) is 0 Å². The number of likely N-dealkylation sites (N-methyl/N-ethyl adjacent to an activating group) is 1. The topological polar surface area (TPSA) is 49.6 Å². The quantitative estimate of drug-likeness (QED) is 0.776. The third-order valence-corrected chi connectivity index (χ3v) is 6.47. The number of hydrogen-bond acceptors (Lipinski definition) is 3. The third kappa shape index (κ3) is 5.12. The molecule has 2 aliphatic rings. The van der Waals surface area contributed by atoms with Crippen LogP contribution in [0.4, 0.5) is 13.2 Å². The van der Waals surface area contributed by atoms with E-state index in [2.05, 4.69) is 18.7 Å². The summed E-state index contributed by atoms with van der Waals surface area (Å²) < 4.78 is 38.2. The summed E-state index contributed by atoms with van der Waals surface area (Å²) in [5.41, 5.74) is 6.39. The van der Waals surface area contributed by atoms with Crippen molar-refractivity contribution in [1.29, 1.82) is 0 Å². The van der Waals surface area contributed by atoms with Crippen LogP contribution in [0.2, 0.25) is 0 Å². The number of amides is 1. The number of likely N-dealkylation sites (tertiary alicyclic amines) is 1. The third-order valence-electron chi connectivity index (χ3n) is 6.47. The highest BCUT2D eigenvalue weighted by Gasteiger charge is 2.45. The lowest BCUT2D eigenvalue weighted by Crippen LogP contribution is -2.49. The monoisotopic (exact) mass is 411 g/mol. The van der Waals surface area contributed by atoms with Crippen molar-refractivity contribution in [2.45, 2.75) is 57.9 Å². The van der Waals surface area contributed by atoms with E-state index >= 15 is 0 Å². The van der Waals surface area contributed by atoms with Crippen LogP contribution in [0.1, 0.15) is 44.2 Å². The Hall–Kier alpha value is -1.60. The van der Waals surface area contributed by atoms with Crippen molar-refractivity contribution in [2.24, 2.45) is 23.5 Å². The summed E-state index contributed by atoms with van der Waals surface area (Å²) in [5.74, 6) is 1.34. The number of nitrogens with two attached hydrogens (primary N) is 1. The first-order valence-corrected chi connectivity index (χ1v) is 10.5. The van der Waals surface area contributed by atoms with E-state index in [0.29, 0.717) is 30.7 Å². The van der Waals surface area contributed by atoms with Crippen molar-refractivity contribution >= 4 is 5.91 Å². The number of rotatable bonds is 6. The second-order valence-corrected chi connectivity index (χ2v) is 9.14. The van der Waals surface area contributed by atoms with Crippen molar-refractivity contribution in [3.8, 4) is 0 Å². The Bertz CT molecular complexity index is 704. The standard InChI is InChI=1S/C22H32F3N3O/c1-14(2)10-19(26)21(29)27(3)20-9-6-16-12-28(13-18(16)20)11-15-4-7-17(8-5-15)22(23,24)25/h4-5,7-8,14,16,18-20H,6,9-13,26H2,1-3H3/t16-,18+,19-,20+/m0/s1. The number of carbonyl (C=O) groups is 1. The molecule has 3 rings (SSSR count). The molecule has 2 fully saturated rings. The first kappa shape index (κ1) is 22.1. The Morgan fingerprint density at radius 3 is 2.45 bits per heavy atom. The van der Waals surface area contributed by atoms with E-state index in [1.807, 2.05) is 11.9 Å². The molecule has 1 saturated carbocycles. The lowest BCUT2D eigenvalue weighted by molar-refractivity contribution is -0.137. The van der Waals surface area contributed by atoms with E-state index < -0.39 is 17.8 Å². The van der Waals surface area contributed by atoms with Crippen LogP contribution in [0.3, 0.4) is 0 Å². The Labute approximate surface area is 171 Å². The van der Waals surface area contributed by atoms with Gasteiger partial charge >= 0.3 is 6.18 Å². The number of nitrogens with zero attached hydrogens (tertiary/aromatic N) is 2. The van der Waals surface area contributed by atoms with Crippen molar-refractivity contribution < 1.29 is 18.0 Å². The highest BCUT2D eigenvalue weighted by Crippen LogP contribution is 2.41. The molecule has 0 spiro atoms. The molecule has 1 saturated heterocycles. The molecule has 29 heavy (non-hydrogen) atoms. The van der Waals surface area contributed by atoms with Gasteiger partial charge in [0.25, 0.3) is 0 Å². The molecule has 0 radical (unpaired) electrons. The van der Waals surface area contributed by atoms with E-state index in [-0.39, 0.29) is 11.9 Å². The molecule has 4 atom stereocenters. The van der Waals surface area contributed by atoms with Gasteiger partial charge in [0, 0.05) is 32.7 Å². The molecule has 0 unspecified atom stereocenters. The van der Waals surface area contributed by atoms with Crippen LogP contribution < -0.4 is 5.73 Å². The number of halogens is 3. The highest BCUT2D eigenvalue weighted by atomic mass is 19.4. The van der Waals surface area contributed by atoms with Crippen LogP contribution in [0.5, 0.6) is 0 Å². The summed E-state index contributed by atoms with van der Waals surface area (Å²) in [6.07, 6.45) is -1.54. The van der Waals surface area contributed by atoms with Gasteiger partial charge < -0.3 is 10.6 Å². The average Bonchev–Trinajstić information content (AvgIpc) is 3.19. The van der Waals surface area contributed by atoms with Gasteiger partial charge in [-0.3, -0.25) is 9.69 Å². The zero-order chi connectivity index (χ0) is 21.3. The average molecular weight is 412 g/mol. The minimum atomic E-state index is -4.30. The van der Waals surface area contributed by atoms with Crippen molar-refractivity contribution in [2.75, 3.05) is 20.1 Å². The van der Waals surface area contributed by atoms with Gasteiger partial charge in [-0.15, -0.1) is 0 Å². The SMILES string of the molecule is CC(C)C[C@H](N)C(=O)N(C)[C@@H]1CC[C@H]2CN(Cc3ccc(C(F)(F)F)cc3)C[C@H]21. The van der Waals surface area contributed by atoms with Gasteiger partial charge in [0.05, 0.1) is 11.6 Å². The smallest absolute Gasteiger partial charge is 0.341 e. The summed E-state index contributed by atoms with van der Waals surface area (Å²) in [6.45, 7) is 6.57. The Morgan fingerprint density at radius 2 is 1.86 bits per heavy atom. The maximum Gasteiger partial charge on any atom is 0.416 e. The van der Waals surface area contributed by atoms with E-state index in [9.17, 15) is 18.0 Å². The van der Waals surface area contributed by atoms with Crippen LogP contribution in [0, 0.1) is 17.8 Å². The number of alkyl halides is 3. The van der Waals surface area contributed by atoms with Gasteiger partial charge in [-0.2, -0.15) is 13.2 Å². The molecular weight excluding hydrogens is 379 g/mol. The minimum Gasteiger partial charge on any atom is -0.341 e. The van der Waals surface area contributed by atoms with Crippen molar-refractivity contribution in [1.82, 2.24) is 9.80 Å². The van der Waals surface area contributed by atoms with E-state index in [0.717, 1.165) is 43.6 Å². The second kappa shape index (κ2) is 8.64. The summed E-state index contributed by atoms with van der Waals surface area (Å²) >= 11 is 0. The molecule has 1 heterocycles. The second-order valence-electron chi connectivity index (χ2n) is 9.14. The summed E-state index contributed by atoms with van der Waals surface area (Å²) in [7, 11) is 1.87. The zero-order valence-corrected chi connectivity index (χ0v) is 17.5. The fourth-order valence-corrected chi connectivity index (χ4v) is 5.03. The first-order valence-electron chi connectivity index (χ1n) is 10.5. The van der Waals surface area contributed by atoms with Crippen molar-refractivity contribution in [3.63, 3.8) is 0 Å². The van der Waals surface area contributed by atoms with Crippen LogP contribution in [-0.4, -0.2) is 47.9 Å². The van der Waals surface area contributed by atoms with Crippen molar-refractivity contribution in [3.05, 3.63) is 35.4 Å². The molecule has 2 N–H and O–H groups in total. The zero-order valence-electron chi connectivity index (χ0n) is 17.5. The molecule has 0 aromatic heterocycles. The molecule has 1 aromatic rings. The van der Waals surface area contributed by atoms with E-state index in [1.54, 1.807) is 12.1 Å². The van der Waals surface area contributed by atoms with E-state index in [1.165, 1.54) is 0 Å². The fraction of sp³-hybridized carbons (Fsp3) is 0.682. The molecular formula is C22H32F3N3O. The predicted octanol–water partition coefficient (Wildman–Crippen LogP) is 3.75. The lowest BCUT2D eigenvalue weighted by atomic mass is 9.96. The van der Waals surface area contributed by atoms with Crippen LogP contribution in [0.15, 0.2) is 24.3 Å². The number of hydrogen-bond donors (Lipinski definition) is 1. The minimum absolute atomic E-state index is 0.0190. The number of benzene rings is 1. The molecule has 7 heteroatoms. The number of carbonyl (C=O) groups excluding carboxylic acids is 1. The molecule has 1 amide bonds. The van der Waals surface area contributed by atoms with Crippen LogP contribution in [0.25, 0.3) is 0 Å². The summed E-state index contributed by atoms with van der Waals surface area (Å²) in [6, 6.07) is 5.17. The molecule has 1 aromatic carbocycles. The molecule has 0 bridgehead atoms. The normalized spacial score (nSPS) is 26.0. The predicted molar refractivity (Wildman–Crippen MR) is 107 cm³/mol. The highest BCUT2D eigenvalue weighted by molar-refractivity contribution is 5.81. The lowest BCUT2D eigenvalue weighted by Gasteiger charge is -2.32. The Kier molecular flexibility index (Phi) is 6.58. The van der Waals surface area contributed by atoms with Gasteiger partial charge in [0.2, 0.25) is 5.91 Å².